The molecule has 8 aromatic rings. The van der Waals surface area contributed by atoms with Crippen molar-refractivity contribution in [3.05, 3.63) is 157 Å². The molecule has 0 amide bonds. The first-order chi connectivity index (χ1) is 32.0. The van der Waals surface area contributed by atoms with E-state index >= 15 is 8.63 Å². The number of aryl methyl sites for hydroxylation is 2. The van der Waals surface area contributed by atoms with Gasteiger partial charge in [-0.05, 0) is 143 Å². The smallest absolute Gasteiger partial charge is 0.438 e. The maximum atomic E-state index is 15.4. The first kappa shape index (κ1) is 44.6. The summed E-state index contributed by atoms with van der Waals surface area (Å²) in [5, 5.41) is 0.705. The minimum atomic E-state index is -2.88. The number of fused-ring (bicyclic) bond motifs is 2. The van der Waals surface area contributed by atoms with Gasteiger partial charge in [-0.15, -0.1) is 22.7 Å². The Bertz CT molecular complexity index is 3380. The molecule has 66 heavy (non-hydrogen) atoms. The van der Waals surface area contributed by atoms with Crippen LogP contribution < -0.4 is 10.5 Å². The highest BCUT2D eigenvalue weighted by molar-refractivity contribution is 7.15. The Balaban J connectivity index is 1.15. The molecular weight excluding hydrogens is 874 g/mol. The second-order valence-electron chi connectivity index (χ2n) is 15.8. The largest absolute Gasteiger partial charge is 0.679 e. The number of benzene rings is 3. The van der Waals surface area contributed by atoms with Gasteiger partial charge in [-0.1, -0.05) is 37.8 Å². The molecule has 5 aromatic heterocycles. The number of halogens is 4. The predicted octanol–water partition coefficient (Wildman–Crippen LogP) is 13.3. The van der Waals surface area contributed by atoms with Crippen molar-refractivity contribution in [3.8, 4) is 33.8 Å². The lowest BCUT2D eigenvalue weighted by Crippen LogP contribution is -2.21. The van der Waals surface area contributed by atoms with E-state index in [1.807, 2.05) is 57.2 Å². The second kappa shape index (κ2) is 18.7. The van der Waals surface area contributed by atoms with Crippen LogP contribution in [0.1, 0.15) is 71.6 Å². The molecule has 0 atom stereocenters. The number of allylic oxidation sites excluding steroid dienone is 2. The number of thiophene rings is 2. The van der Waals surface area contributed by atoms with E-state index in [2.05, 4.69) is 54.6 Å². The molecule has 1 aliphatic rings. The van der Waals surface area contributed by atoms with E-state index in [0.29, 0.717) is 55.8 Å². The van der Waals surface area contributed by atoms with E-state index in [0.717, 1.165) is 66.5 Å². The van der Waals surface area contributed by atoms with Crippen molar-refractivity contribution >= 4 is 82.6 Å². The SMILES string of the molecule is CCc1ccc(C2=N/C(=C/c3c(C#Cc4ccc(N=c5oc6cc(N(CC)CC)ccc6cc5-c5nc6ccccc6n5B(F)F)cc4)c(C)c(-c4ccc(CC)s4)n3B(F)F)C=C2C)s1. The van der Waals surface area contributed by atoms with Gasteiger partial charge in [-0.2, -0.15) is 0 Å². The van der Waals surface area contributed by atoms with Crippen LogP contribution in [-0.4, -0.2) is 47.5 Å². The van der Waals surface area contributed by atoms with Gasteiger partial charge in [0.2, 0.25) is 5.55 Å². The zero-order valence-electron chi connectivity index (χ0n) is 37.3. The van der Waals surface area contributed by atoms with Crippen molar-refractivity contribution < 1.29 is 21.7 Å². The molecule has 0 bridgehead atoms. The number of imidazole rings is 1. The van der Waals surface area contributed by atoms with Crippen molar-refractivity contribution in [1.82, 2.24) is 13.9 Å². The lowest BCUT2D eigenvalue weighted by molar-refractivity contribution is 0.546. The van der Waals surface area contributed by atoms with Crippen molar-refractivity contribution in [2.24, 2.45) is 9.98 Å². The van der Waals surface area contributed by atoms with Crippen LogP contribution in [0.15, 0.2) is 129 Å². The first-order valence-electron chi connectivity index (χ1n) is 21.9. The van der Waals surface area contributed by atoms with Crippen LogP contribution in [0, 0.1) is 18.8 Å². The molecule has 330 valence electrons. The summed E-state index contributed by atoms with van der Waals surface area (Å²) < 4.78 is 68.9. The summed E-state index contributed by atoms with van der Waals surface area (Å²) in [5.41, 5.74) is 7.89. The van der Waals surface area contributed by atoms with Gasteiger partial charge < -0.3 is 18.3 Å². The lowest BCUT2D eigenvalue weighted by atomic mass is 10.1. The minimum absolute atomic E-state index is 0.0259. The monoisotopic (exact) mass is 918 g/mol. The Morgan fingerprint density at radius 1 is 0.788 bits per heavy atom. The van der Waals surface area contributed by atoms with Gasteiger partial charge in [0.1, 0.15) is 11.4 Å². The summed E-state index contributed by atoms with van der Waals surface area (Å²) >= 11 is 3.18. The number of aliphatic imine (C=N–C) groups is 1. The van der Waals surface area contributed by atoms with Crippen molar-refractivity contribution in [3.63, 3.8) is 0 Å². The van der Waals surface area contributed by atoms with Gasteiger partial charge in [0, 0.05) is 45.5 Å². The van der Waals surface area contributed by atoms with Gasteiger partial charge in [0.05, 0.1) is 60.4 Å². The maximum Gasteiger partial charge on any atom is 0.679 e. The highest BCUT2D eigenvalue weighted by Crippen LogP contribution is 2.38. The van der Waals surface area contributed by atoms with Gasteiger partial charge >= 0.3 is 14.8 Å². The molecule has 0 spiro atoms. The number of para-hydroxylation sites is 2. The highest BCUT2D eigenvalue weighted by atomic mass is 32.1. The fraction of sp³-hybridized carbons (Fsp3) is 0.196. The number of nitrogens with zero attached hydrogens (tertiary/aromatic N) is 6. The molecule has 15 heteroatoms. The minimum Gasteiger partial charge on any atom is -0.438 e. The quantitative estimate of drug-likeness (QED) is 0.0697. The van der Waals surface area contributed by atoms with Crippen molar-refractivity contribution in [2.45, 2.75) is 54.4 Å². The molecule has 0 radical (unpaired) electrons. The topological polar surface area (TPSA) is 63.9 Å². The number of hydrogen-bond donors (Lipinski definition) is 0. The summed E-state index contributed by atoms with van der Waals surface area (Å²) in [7, 11) is -5.73. The fourth-order valence-electron chi connectivity index (χ4n) is 8.37. The summed E-state index contributed by atoms with van der Waals surface area (Å²) in [6.07, 6.45) is 5.35. The van der Waals surface area contributed by atoms with Crippen molar-refractivity contribution in [2.75, 3.05) is 18.0 Å². The average molecular weight is 919 g/mol. The summed E-state index contributed by atoms with van der Waals surface area (Å²) in [4.78, 5) is 20.8. The van der Waals surface area contributed by atoms with E-state index < -0.39 is 14.8 Å². The van der Waals surface area contributed by atoms with Crippen LogP contribution in [0.5, 0.6) is 0 Å². The van der Waals surface area contributed by atoms with Crippen LogP contribution in [0.25, 0.3) is 50.0 Å². The third-order valence-corrected chi connectivity index (χ3v) is 14.2. The van der Waals surface area contributed by atoms with E-state index in [-0.39, 0.29) is 22.6 Å². The molecule has 0 N–H and O–H groups in total. The molecule has 1 aliphatic heterocycles. The third kappa shape index (κ3) is 8.51. The predicted molar refractivity (Wildman–Crippen MR) is 267 cm³/mol. The molecule has 9 rings (SSSR count). The van der Waals surface area contributed by atoms with Crippen LogP contribution in [0.3, 0.4) is 0 Å². The number of rotatable bonds is 12. The summed E-state index contributed by atoms with van der Waals surface area (Å²) in [5.74, 6) is 6.53. The normalized spacial score (nSPS) is 13.4. The van der Waals surface area contributed by atoms with Crippen LogP contribution in [0.2, 0.25) is 0 Å². The van der Waals surface area contributed by atoms with Gasteiger partial charge in [-0.3, -0.25) is 17.3 Å². The zero-order valence-corrected chi connectivity index (χ0v) is 38.9. The standard InChI is InChI=1S/C51H44B2F4N6OS2/c1-7-38-22-25-46(65-38)48-31(5)27-36(58-48)29-44-40(32(6)49(62(44)52(54)55)47-26-23-39(8-2)66-47)24-17-33-15-19-35(20-16-33)59-51-41(50-60-42-13-11-12-14-43(42)63(50)53(56)57)28-34-18-21-37(30-45(34)64-51)61(9-3)10-4/h11-16,18-23,25-30H,7-10H2,1-6H3/b36-29+,59-51?. The Labute approximate surface area is 389 Å². The van der Waals surface area contributed by atoms with Gasteiger partial charge in [-0.25, -0.2) is 15.0 Å². The molecule has 3 aromatic carbocycles. The molecular formula is C51H44B2F4N6OS2. The summed E-state index contributed by atoms with van der Waals surface area (Å²) in [6.45, 7) is 13.7. The Hall–Kier alpha value is -6.62. The van der Waals surface area contributed by atoms with E-state index in [4.69, 9.17) is 14.4 Å². The molecule has 0 fully saturated rings. The second-order valence-corrected chi connectivity index (χ2v) is 18.2. The van der Waals surface area contributed by atoms with Gasteiger partial charge in [0.15, 0.2) is 0 Å². The maximum absolute atomic E-state index is 15.4. The molecule has 0 unspecified atom stereocenters. The van der Waals surface area contributed by atoms with Crippen LogP contribution >= 0.6 is 22.7 Å². The van der Waals surface area contributed by atoms with Crippen LogP contribution in [0.4, 0.5) is 28.6 Å². The Morgan fingerprint density at radius 2 is 1.48 bits per heavy atom. The first-order valence-corrected chi connectivity index (χ1v) is 23.6. The average Bonchev–Trinajstić information content (AvgIpc) is 4.16. The molecule has 6 heterocycles. The Morgan fingerprint density at radius 3 is 2.17 bits per heavy atom. The third-order valence-electron chi connectivity index (χ3n) is 11.8. The molecule has 0 saturated heterocycles. The van der Waals surface area contributed by atoms with E-state index in [1.165, 1.54) is 16.2 Å². The molecule has 0 aliphatic carbocycles. The number of anilines is 1. The Kier molecular flexibility index (Phi) is 12.6. The lowest BCUT2D eigenvalue weighted by Gasteiger charge is -2.21. The van der Waals surface area contributed by atoms with E-state index in [9.17, 15) is 8.63 Å². The molecule has 7 nitrogen and oxygen atoms in total. The molecule has 0 saturated carbocycles. The van der Waals surface area contributed by atoms with E-state index in [1.54, 1.807) is 72.0 Å². The van der Waals surface area contributed by atoms with Crippen molar-refractivity contribution in [1.29, 1.82) is 0 Å². The fourth-order valence-corrected chi connectivity index (χ4v) is 10.4. The number of aromatic nitrogens is 3. The zero-order chi connectivity index (χ0) is 46.2. The summed E-state index contributed by atoms with van der Waals surface area (Å²) in [6, 6.07) is 29.5. The van der Waals surface area contributed by atoms with Crippen LogP contribution in [-0.2, 0) is 12.8 Å². The number of hydrogen-bond acceptors (Lipinski definition) is 7. The van der Waals surface area contributed by atoms with Gasteiger partial charge in [0.25, 0.3) is 0 Å². The highest BCUT2D eigenvalue weighted by Gasteiger charge is 2.31.